The molecular weight excluding hydrogens is 262 g/mol. The molecule has 0 heterocycles. The zero-order valence-electron chi connectivity index (χ0n) is 11.2. The van der Waals surface area contributed by atoms with Crippen LogP contribution in [0.3, 0.4) is 0 Å². The maximum Gasteiger partial charge on any atom is 0.241 e. The topological polar surface area (TPSA) is 69.4 Å². The molecule has 1 atom stereocenters. The van der Waals surface area contributed by atoms with Gasteiger partial charge in [-0.2, -0.15) is 0 Å². The maximum atomic E-state index is 11.7. The molecule has 0 bridgehead atoms. The smallest absolute Gasteiger partial charge is 0.241 e. The Morgan fingerprint density at radius 3 is 2.63 bits per heavy atom. The highest BCUT2D eigenvalue weighted by Gasteiger charge is 2.21. The van der Waals surface area contributed by atoms with Crippen molar-refractivity contribution in [3.05, 3.63) is 35.4 Å². The third kappa shape index (κ3) is 3.36. The van der Waals surface area contributed by atoms with E-state index in [1.165, 1.54) is 0 Å². The van der Waals surface area contributed by atoms with Gasteiger partial charge in [0.15, 0.2) is 0 Å². The number of sulfonamides is 1. The molecule has 1 aliphatic rings. The number of nitrogens with two attached hydrogens (primary N) is 1. The molecule has 104 valence electrons. The molecule has 4 nitrogen and oxygen atoms in total. The predicted octanol–water partition coefficient (Wildman–Crippen LogP) is 2.44. The van der Waals surface area contributed by atoms with E-state index in [0.29, 0.717) is 5.75 Å². The van der Waals surface area contributed by atoms with Gasteiger partial charge >= 0.3 is 0 Å². The van der Waals surface area contributed by atoms with Gasteiger partial charge in [0.2, 0.25) is 10.0 Å². The lowest BCUT2D eigenvalue weighted by atomic mass is 10.1. The monoisotopic (exact) mass is 281 g/mol. The van der Waals surface area contributed by atoms with Crippen LogP contribution in [-0.2, 0) is 10.0 Å². The zero-order valence-corrected chi connectivity index (χ0v) is 12.0. The van der Waals surface area contributed by atoms with Gasteiger partial charge in [0.05, 0.1) is 0 Å². The quantitative estimate of drug-likeness (QED) is 0.865. The zero-order chi connectivity index (χ0) is 14.0. The second kappa shape index (κ2) is 5.35. The molecule has 2 N–H and O–H groups in total. The van der Waals surface area contributed by atoms with Crippen LogP contribution in [-0.4, -0.2) is 14.5 Å². The highest BCUT2D eigenvalue weighted by atomic mass is 32.2. The summed E-state index contributed by atoms with van der Waals surface area (Å²) in [6, 6.07) is 3.46. The van der Waals surface area contributed by atoms with Gasteiger partial charge in [-0.1, -0.05) is 12.1 Å². The minimum atomic E-state index is -3.78. The summed E-state index contributed by atoms with van der Waals surface area (Å²) in [5.74, 6) is 0.379. The second-order valence-electron chi connectivity index (χ2n) is 4.97. The molecule has 0 amide bonds. The summed E-state index contributed by atoms with van der Waals surface area (Å²) in [5.41, 5.74) is 1.65. The van der Waals surface area contributed by atoms with Crippen molar-refractivity contribution in [3.63, 3.8) is 0 Å². The van der Waals surface area contributed by atoms with Crippen molar-refractivity contribution in [2.24, 2.45) is 5.14 Å². The highest BCUT2D eigenvalue weighted by Crippen LogP contribution is 2.31. The van der Waals surface area contributed by atoms with Gasteiger partial charge in [0.25, 0.3) is 0 Å². The Labute approximate surface area is 114 Å². The van der Waals surface area contributed by atoms with Crippen molar-refractivity contribution in [3.8, 4) is 5.75 Å². The summed E-state index contributed by atoms with van der Waals surface area (Å²) >= 11 is 0. The Hall–Kier alpha value is -1.33. The number of hydrogen-bond acceptors (Lipinski definition) is 3. The maximum absolute atomic E-state index is 11.7. The van der Waals surface area contributed by atoms with E-state index >= 15 is 0 Å². The van der Waals surface area contributed by atoms with E-state index in [9.17, 15) is 8.42 Å². The number of hydrogen-bond donors (Lipinski definition) is 1. The first-order valence-electron chi connectivity index (χ1n) is 6.35. The normalized spacial score (nSPS) is 19.4. The number of rotatable bonds is 3. The second-order valence-corrected chi connectivity index (χ2v) is 6.50. The fourth-order valence-electron chi connectivity index (χ4n) is 2.31. The van der Waals surface area contributed by atoms with Crippen LogP contribution in [0.25, 0.3) is 0 Å². The van der Waals surface area contributed by atoms with Gasteiger partial charge in [-0.25, -0.2) is 13.6 Å². The number of aryl methyl sites for hydroxylation is 2. The van der Waals surface area contributed by atoms with Crippen molar-refractivity contribution >= 4 is 10.0 Å². The third-order valence-corrected chi connectivity index (χ3v) is 4.09. The molecule has 0 saturated carbocycles. The van der Waals surface area contributed by atoms with Crippen LogP contribution in [0.5, 0.6) is 5.75 Å². The van der Waals surface area contributed by atoms with Gasteiger partial charge in [-0.3, -0.25) is 0 Å². The molecule has 19 heavy (non-hydrogen) atoms. The first-order valence-corrected chi connectivity index (χ1v) is 7.90. The van der Waals surface area contributed by atoms with Crippen LogP contribution in [0.1, 0.15) is 30.4 Å². The van der Waals surface area contributed by atoms with Crippen LogP contribution in [0, 0.1) is 13.8 Å². The van der Waals surface area contributed by atoms with E-state index in [-0.39, 0.29) is 11.0 Å². The van der Waals surface area contributed by atoms with Crippen LogP contribution in [0.15, 0.2) is 29.2 Å². The van der Waals surface area contributed by atoms with E-state index in [2.05, 4.69) is 6.08 Å². The van der Waals surface area contributed by atoms with Crippen LogP contribution >= 0.6 is 0 Å². The Morgan fingerprint density at radius 2 is 2.05 bits per heavy atom. The lowest BCUT2D eigenvalue weighted by Gasteiger charge is -2.21. The number of allylic oxidation sites excluding steroid dienone is 1. The first-order chi connectivity index (χ1) is 8.88. The molecule has 1 unspecified atom stereocenters. The van der Waals surface area contributed by atoms with Crippen LogP contribution in [0.2, 0.25) is 0 Å². The average molecular weight is 281 g/mol. The molecule has 5 heteroatoms. The van der Waals surface area contributed by atoms with Gasteiger partial charge in [-0.15, -0.1) is 0 Å². The molecule has 0 radical (unpaired) electrons. The number of benzene rings is 1. The molecular formula is C14H19NO3S. The molecule has 0 fully saturated rings. The molecule has 0 aromatic heterocycles. The van der Waals surface area contributed by atoms with Gasteiger partial charge in [0, 0.05) is 0 Å². The van der Waals surface area contributed by atoms with E-state index in [0.717, 1.165) is 30.4 Å². The Kier molecular flexibility index (Phi) is 3.96. The summed E-state index contributed by atoms with van der Waals surface area (Å²) in [7, 11) is -3.78. The Morgan fingerprint density at radius 1 is 1.32 bits per heavy atom. The molecule has 2 rings (SSSR count). The van der Waals surface area contributed by atoms with Gasteiger partial charge in [-0.05, 0) is 56.4 Å². The highest BCUT2D eigenvalue weighted by molar-refractivity contribution is 7.89. The third-order valence-electron chi connectivity index (χ3n) is 3.17. The minimum Gasteiger partial charge on any atom is -0.485 e. The van der Waals surface area contributed by atoms with Crippen molar-refractivity contribution in [2.45, 2.75) is 44.1 Å². The summed E-state index contributed by atoms with van der Waals surface area (Å²) in [5, 5.41) is 5.27. The number of primary sulfonamides is 1. The van der Waals surface area contributed by atoms with Gasteiger partial charge in [0.1, 0.15) is 16.7 Å². The largest absolute Gasteiger partial charge is 0.485 e. The molecule has 1 aliphatic carbocycles. The lowest BCUT2D eigenvalue weighted by molar-refractivity contribution is 0.222. The summed E-state index contributed by atoms with van der Waals surface area (Å²) in [4.78, 5) is 0.0731. The van der Waals surface area contributed by atoms with Gasteiger partial charge < -0.3 is 4.74 Å². The molecule has 0 saturated heterocycles. The minimum absolute atomic E-state index is 0.0731. The standard InChI is InChI=1S/C14H19NO3S/c1-10-8-11(2)14(13(9-10)19(15,16)17)18-12-6-4-3-5-7-12/h4,6,8-9,12H,3,5,7H2,1-2H3,(H2,15,16,17). The summed E-state index contributed by atoms with van der Waals surface area (Å²) < 4.78 is 29.2. The van der Waals surface area contributed by atoms with Crippen LogP contribution in [0.4, 0.5) is 0 Å². The lowest BCUT2D eigenvalue weighted by Crippen LogP contribution is -2.20. The van der Waals surface area contributed by atoms with Crippen molar-refractivity contribution < 1.29 is 13.2 Å². The fourth-order valence-corrected chi connectivity index (χ4v) is 3.13. The van der Waals surface area contributed by atoms with Crippen molar-refractivity contribution in [1.82, 2.24) is 0 Å². The van der Waals surface area contributed by atoms with Crippen molar-refractivity contribution in [2.75, 3.05) is 0 Å². The molecule has 0 spiro atoms. The molecule has 1 aromatic carbocycles. The SMILES string of the molecule is Cc1cc(C)c(OC2C=CCCC2)c(S(N)(=O)=O)c1. The van der Waals surface area contributed by atoms with E-state index in [1.807, 2.05) is 26.0 Å². The predicted molar refractivity (Wildman–Crippen MR) is 74.7 cm³/mol. The van der Waals surface area contributed by atoms with E-state index < -0.39 is 10.0 Å². The Balaban J connectivity index is 2.43. The average Bonchev–Trinajstić information content (AvgIpc) is 2.32. The first kappa shape index (κ1) is 14.1. The van der Waals surface area contributed by atoms with E-state index in [1.54, 1.807) is 6.07 Å². The Bertz CT molecular complexity index is 605. The summed E-state index contributed by atoms with van der Waals surface area (Å²) in [6.45, 7) is 3.68. The fraction of sp³-hybridized carbons (Fsp3) is 0.429. The van der Waals surface area contributed by atoms with E-state index in [4.69, 9.17) is 9.88 Å². The number of ether oxygens (including phenoxy) is 1. The molecule has 0 aliphatic heterocycles. The van der Waals surface area contributed by atoms with Crippen LogP contribution < -0.4 is 9.88 Å². The molecule has 1 aromatic rings. The summed E-state index contributed by atoms with van der Waals surface area (Å²) in [6.07, 6.45) is 6.97. The van der Waals surface area contributed by atoms with Crippen molar-refractivity contribution in [1.29, 1.82) is 0 Å².